The van der Waals surface area contributed by atoms with Crippen molar-refractivity contribution < 1.29 is 32.2 Å². The Bertz CT molecular complexity index is 629. The highest BCUT2D eigenvalue weighted by Gasteiger charge is 2.28. The van der Waals surface area contributed by atoms with Crippen LogP contribution in [0.25, 0.3) is 0 Å². The van der Waals surface area contributed by atoms with Crippen molar-refractivity contribution in [1.82, 2.24) is 0 Å². The highest BCUT2D eigenvalue weighted by atomic mass is 35.5. The number of benzene rings is 1. The Kier molecular flexibility index (Phi) is 6.42. The maximum atomic E-state index is 13.7. The number of carbonyl (C=O) groups excluding carboxylic acids is 2. The molecule has 0 aliphatic carbocycles. The molecule has 0 unspecified atom stereocenters. The highest BCUT2D eigenvalue weighted by Crippen LogP contribution is 2.25. The molecule has 0 saturated heterocycles. The summed E-state index contributed by atoms with van der Waals surface area (Å²) in [6, 6.07) is 0.594. The van der Waals surface area contributed by atoms with Crippen LogP contribution in [0.3, 0.4) is 0 Å². The van der Waals surface area contributed by atoms with Crippen LogP contribution in [-0.4, -0.2) is 25.0 Å². The van der Waals surface area contributed by atoms with Gasteiger partial charge in [0.15, 0.2) is 17.5 Å². The number of rotatable bonds is 6. The SMILES string of the molecule is CCOC=C(C(=O)OCC)C(=O)c1cc(Cl)c(F)c(F)c1F. The van der Waals surface area contributed by atoms with E-state index in [1.54, 1.807) is 6.92 Å². The standard InChI is InChI=1S/C14H12ClF3O4/c1-3-21-6-8(14(20)22-4-2)13(19)7-5-9(15)11(17)12(18)10(7)16/h5-6H,3-4H2,1-2H3. The smallest absolute Gasteiger partial charge is 0.345 e. The largest absolute Gasteiger partial charge is 0.500 e. The van der Waals surface area contributed by atoms with Crippen LogP contribution in [0.15, 0.2) is 17.9 Å². The summed E-state index contributed by atoms with van der Waals surface area (Å²) in [4.78, 5) is 23.9. The highest BCUT2D eigenvalue weighted by molar-refractivity contribution is 6.32. The lowest BCUT2D eigenvalue weighted by Crippen LogP contribution is -2.18. The maximum absolute atomic E-state index is 13.7. The summed E-state index contributed by atoms with van der Waals surface area (Å²) >= 11 is 5.38. The Morgan fingerprint density at radius 3 is 2.32 bits per heavy atom. The fourth-order valence-corrected chi connectivity index (χ4v) is 1.65. The fraction of sp³-hybridized carbons (Fsp3) is 0.286. The predicted molar refractivity (Wildman–Crippen MR) is 72.0 cm³/mol. The summed E-state index contributed by atoms with van der Waals surface area (Å²) in [5.74, 6) is -7.59. The zero-order valence-corrected chi connectivity index (χ0v) is 12.5. The molecule has 0 spiro atoms. The van der Waals surface area contributed by atoms with Gasteiger partial charge in [-0.1, -0.05) is 11.6 Å². The molecule has 0 bridgehead atoms. The minimum atomic E-state index is -1.91. The summed E-state index contributed by atoms with van der Waals surface area (Å²) in [6.45, 7) is 3.16. The molecule has 22 heavy (non-hydrogen) atoms. The first-order chi connectivity index (χ1) is 10.3. The van der Waals surface area contributed by atoms with Crippen LogP contribution in [0, 0.1) is 17.5 Å². The Morgan fingerprint density at radius 2 is 1.77 bits per heavy atom. The van der Waals surface area contributed by atoms with Crippen LogP contribution in [0.5, 0.6) is 0 Å². The molecule has 0 radical (unpaired) electrons. The lowest BCUT2D eigenvalue weighted by atomic mass is 10.0. The van der Waals surface area contributed by atoms with Crippen molar-refractivity contribution in [1.29, 1.82) is 0 Å². The van der Waals surface area contributed by atoms with E-state index in [0.29, 0.717) is 6.07 Å². The van der Waals surface area contributed by atoms with Crippen LogP contribution in [-0.2, 0) is 14.3 Å². The van der Waals surface area contributed by atoms with Gasteiger partial charge >= 0.3 is 5.97 Å². The minimum Gasteiger partial charge on any atom is -0.500 e. The molecular weight excluding hydrogens is 325 g/mol. The van der Waals surface area contributed by atoms with Gasteiger partial charge in [0, 0.05) is 0 Å². The number of hydrogen-bond acceptors (Lipinski definition) is 4. The normalized spacial score (nSPS) is 11.3. The van der Waals surface area contributed by atoms with E-state index in [0.717, 1.165) is 6.26 Å². The fourth-order valence-electron chi connectivity index (χ4n) is 1.45. The van der Waals surface area contributed by atoms with Crippen LogP contribution < -0.4 is 0 Å². The molecule has 1 rings (SSSR count). The lowest BCUT2D eigenvalue weighted by molar-refractivity contribution is -0.138. The number of ether oxygens (including phenoxy) is 2. The van der Waals surface area contributed by atoms with E-state index in [-0.39, 0.29) is 13.2 Å². The minimum absolute atomic E-state index is 0.0450. The van der Waals surface area contributed by atoms with E-state index in [1.165, 1.54) is 6.92 Å². The molecule has 8 heteroatoms. The molecule has 0 saturated carbocycles. The van der Waals surface area contributed by atoms with Gasteiger partial charge in [-0.15, -0.1) is 0 Å². The van der Waals surface area contributed by atoms with Crippen molar-refractivity contribution >= 4 is 23.4 Å². The van der Waals surface area contributed by atoms with E-state index in [2.05, 4.69) is 4.74 Å². The zero-order valence-electron chi connectivity index (χ0n) is 11.7. The van der Waals surface area contributed by atoms with Gasteiger partial charge in [-0.3, -0.25) is 4.79 Å². The van der Waals surface area contributed by atoms with Crippen LogP contribution in [0.4, 0.5) is 13.2 Å². The van der Waals surface area contributed by atoms with Gasteiger partial charge in [0.25, 0.3) is 0 Å². The number of ketones is 1. The van der Waals surface area contributed by atoms with Gasteiger partial charge in [0.1, 0.15) is 11.8 Å². The van der Waals surface area contributed by atoms with Crippen molar-refractivity contribution in [2.75, 3.05) is 13.2 Å². The second kappa shape index (κ2) is 7.84. The molecule has 0 fully saturated rings. The monoisotopic (exact) mass is 336 g/mol. The van der Waals surface area contributed by atoms with E-state index in [1.807, 2.05) is 0 Å². The quantitative estimate of drug-likeness (QED) is 0.117. The maximum Gasteiger partial charge on any atom is 0.345 e. The van der Waals surface area contributed by atoms with Crippen molar-refractivity contribution in [3.63, 3.8) is 0 Å². The van der Waals surface area contributed by atoms with Crippen LogP contribution in [0.2, 0.25) is 5.02 Å². The van der Waals surface area contributed by atoms with Crippen LogP contribution in [0.1, 0.15) is 24.2 Å². The summed E-state index contributed by atoms with van der Waals surface area (Å²) in [6.07, 6.45) is 0.773. The van der Waals surface area contributed by atoms with Gasteiger partial charge in [-0.25, -0.2) is 18.0 Å². The first-order valence-corrected chi connectivity index (χ1v) is 6.59. The van der Waals surface area contributed by atoms with E-state index >= 15 is 0 Å². The Hall–Kier alpha value is -2.02. The van der Waals surface area contributed by atoms with Gasteiger partial charge in [-0.05, 0) is 19.9 Å². The summed E-state index contributed by atoms with van der Waals surface area (Å²) < 4.78 is 49.6. The number of Topliss-reactive ketones (excluding diaryl/α,β-unsaturated/α-hetero) is 1. The second-order valence-electron chi connectivity index (χ2n) is 3.88. The topological polar surface area (TPSA) is 52.6 Å². The molecule has 0 aliphatic rings. The van der Waals surface area contributed by atoms with Crippen molar-refractivity contribution in [2.45, 2.75) is 13.8 Å². The second-order valence-corrected chi connectivity index (χ2v) is 4.29. The van der Waals surface area contributed by atoms with Gasteiger partial charge < -0.3 is 9.47 Å². The van der Waals surface area contributed by atoms with Crippen molar-refractivity contribution in [2.24, 2.45) is 0 Å². The first kappa shape index (κ1) is 18.0. The zero-order chi connectivity index (χ0) is 16.9. The number of hydrogen-bond donors (Lipinski definition) is 0. The third-order valence-electron chi connectivity index (χ3n) is 2.46. The molecule has 0 atom stereocenters. The van der Waals surface area contributed by atoms with E-state index < -0.39 is 45.4 Å². The van der Waals surface area contributed by atoms with Crippen molar-refractivity contribution in [3.8, 4) is 0 Å². The number of halogens is 4. The lowest BCUT2D eigenvalue weighted by Gasteiger charge is -2.09. The summed E-state index contributed by atoms with van der Waals surface area (Å²) in [5, 5.41) is -0.790. The molecule has 4 nitrogen and oxygen atoms in total. The molecule has 0 aliphatic heterocycles. The van der Waals surface area contributed by atoms with Crippen molar-refractivity contribution in [3.05, 3.63) is 45.9 Å². The molecule has 0 N–H and O–H groups in total. The van der Waals surface area contributed by atoms with E-state index in [4.69, 9.17) is 16.3 Å². The Labute approximate surface area is 129 Å². The third-order valence-corrected chi connectivity index (χ3v) is 2.73. The van der Waals surface area contributed by atoms with Gasteiger partial charge in [0.05, 0.1) is 23.8 Å². The number of esters is 1. The number of carbonyl (C=O) groups is 2. The summed E-state index contributed by atoms with van der Waals surface area (Å²) in [7, 11) is 0. The molecule has 120 valence electrons. The molecule has 0 aromatic heterocycles. The predicted octanol–water partition coefficient (Wildman–Crippen LogP) is 3.42. The van der Waals surface area contributed by atoms with Gasteiger partial charge in [0.2, 0.25) is 5.78 Å². The molecule has 0 heterocycles. The first-order valence-electron chi connectivity index (χ1n) is 6.21. The molecule has 0 amide bonds. The van der Waals surface area contributed by atoms with Gasteiger partial charge in [-0.2, -0.15) is 0 Å². The average molecular weight is 337 g/mol. The molecular formula is C14H12ClF3O4. The van der Waals surface area contributed by atoms with E-state index in [9.17, 15) is 22.8 Å². The Morgan fingerprint density at radius 1 is 1.14 bits per heavy atom. The third kappa shape index (κ3) is 3.79. The molecule has 1 aromatic rings. The Balaban J connectivity index is 3.34. The van der Waals surface area contributed by atoms with Crippen LogP contribution >= 0.6 is 11.6 Å². The average Bonchev–Trinajstić information content (AvgIpc) is 2.49. The molecule has 1 aromatic carbocycles. The summed E-state index contributed by atoms with van der Waals surface area (Å²) in [5.41, 5.74) is -1.56.